The summed E-state index contributed by atoms with van der Waals surface area (Å²) in [5.41, 5.74) is 7.47. The summed E-state index contributed by atoms with van der Waals surface area (Å²) in [4.78, 5) is 0. The smallest absolute Gasteiger partial charge is 0.0991 e. The third-order valence-corrected chi connectivity index (χ3v) is 2.12. The molecule has 1 aromatic rings. The van der Waals surface area contributed by atoms with Gasteiger partial charge in [0.05, 0.1) is 11.6 Å². The minimum absolute atomic E-state index is 0. The number of aliphatic hydroxyl groups is 1. The first kappa shape index (κ1) is 13.9. The molecule has 15 heavy (non-hydrogen) atoms. The van der Waals surface area contributed by atoms with Crippen LogP contribution in [0.3, 0.4) is 0 Å². The van der Waals surface area contributed by atoms with Crippen LogP contribution in [-0.4, -0.2) is 11.7 Å². The second kappa shape index (κ2) is 7.24. The highest BCUT2D eigenvalue weighted by Crippen LogP contribution is 2.16. The lowest BCUT2D eigenvalue weighted by Crippen LogP contribution is -2.10. The Morgan fingerprint density at radius 3 is 2.80 bits per heavy atom. The molecule has 0 unspecified atom stereocenters. The Kier molecular flexibility index (Phi) is 6.72. The number of aliphatic hydroxyl groups excluding tert-OH is 1. The standard InChI is InChI=1S/C11H14N2O.ClH/c12-8-9-3-1-4-10(7-9)11(13)5-2-6-14;/h1,3-4,7,11,14H,2,5-6,13H2;1H/t11-;/m1./s1. The summed E-state index contributed by atoms with van der Waals surface area (Å²) in [6.07, 6.45) is 1.43. The van der Waals surface area contributed by atoms with Gasteiger partial charge in [0.2, 0.25) is 0 Å². The van der Waals surface area contributed by atoms with Crippen molar-refractivity contribution in [1.29, 1.82) is 5.26 Å². The van der Waals surface area contributed by atoms with Crippen molar-refractivity contribution < 1.29 is 5.11 Å². The number of nitrogens with two attached hydrogens (primary N) is 1. The van der Waals surface area contributed by atoms with Crippen LogP contribution in [0.4, 0.5) is 0 Å². The lowest BCUT2D eigenvalue weighted by Gasteiger charge is -2.10. The van der Waals surface area contributed by atoms with Crippen molar-refractivity contribution in [3.05, 3.63) is 35.4 Å². The van der Waals surface area contributed by atoms with Crippen molar-refractivity contribution in [3.8, 4) is 6.07 Å². The van der Waals surface area contributed by atoms with Gasteiger partial charge in [-0.25, -0.2) is 0 Å². The molecule has 0 saturated heterocycles. The maximum atomic E-state index is 8.69. The lowest BCUT2D eigenvalue weighted by atomic mass is 10.0. The van der Waals surface area contributed by atoms with E-state index in [-0.39, 0.29) is 25.1 Å². The third-order valence-electron chi connectivity index (χ3n) is 2.12. The molecule has 0 heterocycles. The molecule has 3 nitrogen and oxygen atoms in total. The van der Waals surface area contributed by atoms with Crippen LogP contribution in [0.2, 0.25) is 0 Å². The molecule has 0 saturated carbocycles. The van der Waals surface area contributed by atoms with Crippen molar-refractivity contribution in [2.45, 2.75) is 18.9 Å². The van der Waals surface area contributed by atoms with Gasteiger partial charge in [0.1, 0.15) is 0 Å². The molecule has 3 N–H and O–H groups in total. The van der Waals surface area contributed by atoms with Crippen molar-refractivity contribution in [3.63, 3.8) is 0 Å². The zero-order chi connectivity index (χ0) is 10.4. The zero-order valence-electron chi connectivity index (χ0n) is 8.39. The van der Waals surface area contributed by atoms with Gasteiger partial charge in [-0.3, -0.25) is 0 Å². The average Bonchev–Trinajstić information content (AvgIpc) is 2.26. The fourth-order valence-electron chi connectivity index (χ4n) is 1.32. The van der Waals surface area contributed by atoms with E-state index in [1.54, 1.807) is 12.1 Å². The van der Waals surface area contributed by atoms with Gasteiger partial charge in [0, 0.05) is 12.6 Å². The molecular formula is C11H15ClN2O. The quantitative estimate of drug-likeness (QED) is 0.822. The number of nitrogens with zero attached hydrogens (tertiary/aromatic N) is 1. The SMILES string of the molecule is Cl.N#Cc1cccc([C@H](N)CCCO)c1. The van der Waals surface area contributed by atoms with Crippen LogP contribution in [0.1, 0.15) is 30.0 Å². The van der Waals surface area contributed by atoms with Gasteiger partial charge in [-0.2, -0.15) is 5.26 Å². The highest BCUT2D eigenvalue weighted by molar-refractivity contribution is 5.85. The van der Waals surface area contributed by atoms with Crippen molar-refractivity contribution >= 4 is 12.4 Å². The highest BCUT2D eigenvalue weighted by Gasteiger charge is 2.05. The highest BCUT2D eigenvalue weighted by atomic mass is 35.5. The minimum Gasteiger partial charge on any atom is -0.396 e. The third kappa shape index (κ3) is 4.30. The molecular weight excluding hydrogens is 212 g/mol. The van der Waals surface area contributed by atoms with Crippen LogP contribution in [0, 0.1) is 11.3 Å². The van der Waals surface area contributed by atoms with E-state index in [0.29, 0.717) is 12.0 Å². The van der Waals surface area contributed by atoms with Gasteiger partial charge in [-0.05, 0) is 30.5 Å². The Morgan fingerprint density at radius 1 is 1.47 bits per heavy atom. The fraction of sp³-hybridized carbons (Fsp3) is 0.364. The number of nitriles is 1. The van der Waals surface area contributed by atoms with Crippen LogP contribution in [0.15, 0.2) is 24.3 Å². The Labute approximate surface area is 95.9 Å². The van der Waals surface area contributed by atoms with Gasteiger partial charge in [-0.1, -0.05) is 12.1 Å². The zero-order valence-corrected chi connectivity index (χ0v) is 9.20. The molecule has 82 valence electrons. The summed E-state index contributed by atoms with van der Waals surface area (Å²) in [6, 6.07) is 9.26. The van der Waals surface area contributed by atoms with Crippen LogP contribution >= 0.6 is 12.4 Å². The molecule has 1 atom stereocenters. The number of halogens is 1. The van der Waals surface area contributed by atoms with E-state index in [0.717, 1.165) is 12.0 Å². The maximum absolute atomic E-state index is 8.69. The molecule has 0 aliphatic carbocycles. The van der Waals surface area contributed by atoms with E-state index in [9.17, 15) is 0 Å². The molecule has 0 aliphatic heterocycles. The van der Waals surface area contributed by atoms with Gasteiger partial charge in [0.25, 0.3) is 0 Å². The predicted molar refractivity (Wildman–Crippen MR) is 61.7 cm³/mol. The van der Waals surface area contributed by atoms with Gasteiger partial charge >= 0.3 is 0 Å². The van der Waals surface area contributed by atoms with Crippen molar-refractivity contribution in [1.82, 2.24) is 0 Å². The summed E-state index contributed by atoms with van der Waals surface area (Å²) in [5, 5.41) is 17.3. The molecule has 0 radical (unpaired) electrons. The number of hydrogen-bond acceptors (Lipinski definition) is 3. The van der Waals surface area contributed by atoms with Gasteiger partial charge in [-0.15, -0.1) is 12.4 Å². The van der Waals surface area contributed by atoms with E-state index in [2.05, 4.69) is 6.07 Å². The van der Waals surface area contributed by atoms with E-state index in [1.165, 1.54) is 0 Å². The number of benzene rings is 1. The first-order valence-corrected chi connectivity index (χ1v) is 4.64. The monoisotopic (exact) mass is 226 g/mol. The van der Waals surface area contributed by atoms with Crippen molar-refractivity contribution in [2.75, 3.05) is 6.61 Å². The molecule has 0 fully saturated rings. The molecule has 4 heteroatoms. The second-order valence-electron chi connectivity index (χ2n) is 3.21. The van der Waals surface area contributed by atoms with Crippen LogP contribution in [-0.2, 0) is 0 Å². The van der Waals surface area contributed by atoms with E-state index in [4.69, 9.17) is 16.1 Å². The Bertz CT molecular complexity index is 336. The number of hydrogen-bond donors (Lipinski definition) is 2. The van der Waals surface area contributed by atoms with E-state index in [1.807, 2.05) is 12.1 Å². The first-order chi connectivity index (χ1) is 6.77. The largest absolute Gasteiger partial charge is 0.396 e. The Hall–Kier alpha value is -1.08. The van der Waals surface area contributed by atoms with E-state index < -0.39 is 0 Å². The average molecular weight is 227 g/mol. The molecule has 0 aromatic heterocycles. The maximum Gasteiger partial charge on any atom is 0.0991 e. The molecule has 0 bridgehead atoms. The van der Waals surface area contributed by atoms with Gasteiger partial charge < -0.3 is 10.8 Å². The van der Waals surface area contributed by atoms with Gasteiger partial charge in [0.15, 0.2) is 0 Å². The normalized spacial score (nSPS) is 11.3. The summed E-state index contributed by atoms with van der Waals surface area (Å²) >= 11 is 0. The van der Waals surface area contributed by atoms with Crippen LogP contribution in [0.25, 0.3) is 0 Å². The molecule has 0 amide bonds. The summed E-state index contributed by atoms with van der Waals surface area (Å²) < 4.78 is 0. The fourth-order valence-corrected chi connectivity index (χ4v) is 1.32. The summed E-state index contributed by atoms with van der Waals surface area (Å²) in [6.45, 7) is 0.158. The Balaban J connectivity index is 0.00000196. The Morgan fingerprint density at radius 2 is 2.20 bits per heavy atom. The minimum atomic E-state index is -0.0875. The topological polar surface area (TPSA) is 70.0 Å². The van der Waals surface area contributed by atoms with Crippen LogP contribution < -0.4 is 5.73 Å². The van der Waals surface area contributed by atoms with Crippen LogP contribution in [0.5, 0.6) is 0 Å². The second-order valence-corrected chi connectivity index (χ2v) is 3.21. The first-order valence-electron chi connectivity index (χ1n) is 4.64. The lowest BCUT2D eigenvalue weighted by molar-refractivity contribution is 0.280. The molecule has 1 aromatic carbocycles. The summed E-state index contributed by atoms with van der Waals surface area (Å²) in [5.74, 6) is 0. The van der Waals surface area contributed by atoms with E-state index >= 15 is 0 Å². The molecule has 1 rings (SSSR count). The molecule has 0 aliphatic rings. The number of rotatable bonds is 4. The molecule has 0 spiro atoms. The summed E-state index contributed by atoms with van der Waals surface area (Å²) in [7, 11) is 0. The van der Waals surface area contributed by atoms with Crippen molar-refractivity contribution in [2.24, 2.45) is 5.73 Å². The predicted octanol–water partition coefficient (Wildman–Crippen LogP) is 1.75.